The smallest absolute Gasteiger partial charge is 0.341 e. The molecule has 0 bridgehead atoms. The van der Waals surface area contributed by atoms with E-state index in [1.165, 1.54) is 5.56 Å². The standard InChI is InChI=1S/C22H25ClN2O3.2ClH/c1-24-10-17-12-25(13-19(17)22(24)15-5-3-2-4-6-15)11-16-9-18(23)7-8-20(16)28-14-21(26)27;;/h2-9,17,19,22H,10-14H2,1H3,(H,26,27);2*1H/t17-,19+,22-;;/m0../s1. The number of hydrogen-bond acceptors (Lipinski definition) is 4. The van der Waals surface area contributed by atoms with E-state index in [9.17, 15) is 4.79 Å². The molecule has 4 rings (SSSR count). The van der Waals surface area contributed by atoms with E-state index in [2.05, 4.69) is 47.2 Å². The topological polar surface area (TPSA) is 53.0 Å². The first-order chi connectivity index (χ1) is 13.5. The number of nitrogens with zero attached hydrogens (tertiary/aromatic N) is 2. The van der Waals surface area contributed by atoms with E-state index < -0.39 is 5.97 Å². The lowest BCUT2D eigenvalue weighted by Gasteiger charge is -2.27. The van der Waals surface area contributed by atoms with Crippen molar-refractivity contribution in [2.45, 2.75) is 12.6 Å². The number of likely N-dealkylation sites (tertiary alicyclic amines) is 2. The predicted molar refractivity (Wildman–Crippen MR) is 123 cm³/mol. The van der Waals surface area contributed by atoms with Crippen molar-refractivity contribution in [3.05, 3.63) is 64.7 Å². The van der Waals surface area contributed by atoms with Crippen molar-refractivity contribution < 1.29 is 14.6 Å². The van der Waals surface area contributed by atoms with Gasteiger partial charge in [-0.1, -0.05) is 41.9 Å². The summed E-state index contributed by atoms with van der Waals surface area (Å²) in [7, 11) is 2.22. The summed E-state index contributed by atoms with van der Waals surface area (Å²) in [6.45, 7) is 3.51. The predicted octanol–water partition coefficient (Wildman–Crippen LogP) is 4.38. The van der Waals surface area contributed by atoms with Gasteiger partial charge in [-0.15, -0.1) is 24.8 Å². The molecule has 5 nitrogen and oxygen atoms in total. The Labute approximate surface area is 194 Å². The van der Waals surface area contributed by atoms with Crippen molar-refractivity contribution in [3.8, 4) is 5.75 Å². The Morgan fingerprint density at radius 1 is 1.13 bits per heavy atom. The van der Waals surface area contributed by atoms with Crippen molar-refractivity contribution in [1.82, 2.24) is 9.80 Å². The minimum absolute atomic E-state index is 0. The van der Waals surface area contributed by atoms with Crippen LogP contribution in [0.1, 0.15) is 17.2 Å². The summed E-state index contributed by atoms with van der Waals surface area (Å²) in [6.07, 6.45) is 0. The molecular weight excluding hydrogens is 447 g/mol. The van der Waals surface area contributed by atoms with Gasteiger partial charge in [0.25, 0.3) is 0 Å². The van der Waals surface area contributed by atoms with E-state index in [0.717, 1.165) is 25.2 Å². The molecular formula is C22H27Cl3N2O3. The molecule has 2 aromatic carbocycles. The van der Waals surface area contributed by atoms with Crippen molar-refractivity contribution in [1.29, 1.82) is 0 Å². The quantitative estimate of drug-likeness (QED) is 0.675. The highest BCUT2D eigenvalue weighted by molar-refractivity contribution is 6.30. The summed E-state index contributed by atoms with van der Waals surface area (Å²) in [6, 6.07) is 16.6. The maximum Gasteiger partial charge on any atom is 0.341 e. The molecule has 0 spiro atoms. The number of rotatable bonds is 6. The summed E-state index contributed by atoms with van der Waals surface area (Å²) in [5.74, 6) is 0.846. The zero-order valence-electron chi connectivity index (χ0n) is 16.7. The third-order valence-electron chi connectivity index (χ3n) is 5.88. The SMILES string of the molecule is CN1C[C@H]2CN(Cc3cc(Cl)ccc3OCC(=O)O)C[C@H]2[C@@H]1c1ccccc1.Cl.Cl. The molecule has 2 aromatic rings. The maximum atomic E-state index is 10.9. The van der Waals surface area contributed by atoms with E-state index in [-0.39, 0.29) is 31.4 Å². The zero-order chi connectivity index (χ0) is 19.7. The van der Waals surface area contributed by atoms with E-state index in [4.69, 9.17) is 21.4 Å². The first kappa shape index (κ1) is 24.8. The van der Waals surface area contributed by atoms with Gasteiger partial charge in [0, 0.05) is 42.8 Å². The average Bonchev–Trinajstić information content (AvgIpc) is 3.17. The summed E-state index contributed by atoms with van der Waals surface area (Å²) in [5.41, 5.74) is 2.32. The van der Waals surface area contributed by atoms with Crippen LogP contribution in [0.3, 0.4) is 0 Å². The van der Waals surface area contributed by atoms with Crippen molar-refractivity contribution in [3.63, 3.8) is 0 Å². The lowest BCUT2D eigenvalue weighted by Crippen LogP contribution is -2.29. The molecule has 2 heterocycles. The molecule has 30 heavy (non-hydrogen) atoms. The van der Waals surface area contributed by atoms with Crippen molar-refractivity contribution in [2.24, 2.45) is 11.8 Å². The third-order valence-corrected chi connectivity index (χ3v) is 6.11. The van der Waals surface area contributed by atoms with Crippen LogP contribution in [0.15, 0.2) is 48.5 Å². The molecule has 0 amide bonds. The first-order valence-corrected chi connectivity index (χ1v) is 9.99. The number of hydrogen-bond donors (Lipinski definition) is 1. The highest BCUT2D eigenvalue weighted by Crippen LogP contribution is 2.44. The van der Waals surface area contributed by atoms with E-state index >= 15 is 0 Å². The Kier molecular flexibility index (Phi) is 8.83. The van der Waals surface area contributed by atoms with Crippen LogP contribution in [0, 0.1) is 11.8 Å². The normalized spacial score (nSPS) is 23.3. The average molecular weight is 474 g/mol. The van der Waals surface area contributed by atoms with Crippen LogP contribution in [0.2, 0.25) is 5.02 Å². The number of halogens is 3. The van der Waals surface area contributed by atoms with Crippen LogP contribution in [0.25, 0.3) is 0 Å². The highest BCUT2D eigenvalue weighted by Gasteiger charge is 2.45. The Bertz CT molecular complexity index is 853. The van der Waals surface area contributed by atoms with Gasteiger partial charge in [-0.25, -0.2) is 4.79 Å². The van der Waals surface area contributed by atoms with Crippen LogP contribution < -0.4 is 4.74 Å². The fraction of sp³-hybridized carbons (Fsp3) is 0.409. The number of benzene rings is 2. The van der Waals surface area contributed by atoms with Crippen LogP contribution >= 0.6 is 36.4 Å². The second-order valence-corrected chi connectivity index (χ2v) is 8.28. The fourth-order valence-corrected chi connectivity index (χ4v) is 5.02. The summed E-state index contributed by atoms with van der Waals surface area (Å²) >= 11 is 6.19. The minimum atomic E-state index is -0.981. The number of carboxylic acids is 1. The van der Waals surface area contributed by atoms with Gasteiger partial charge in [-0.3, -0.25) is 9.80 Å². The van der Waals surface area contributed by atoms with E-state index in [0.29, 0.717) is 35.2 Å². The zero-order valence-corrected chi connectivity index (χ0v) is 19.1. The fourth-order valence-electron chi connectivity index (χ4n) is 4.82. The maximum absolute atomic E-state index is 10.9. The molecule has 0 aliphatic carbocycles. The van der Waals surface area contributed by atoms with Crippen LogP contribution in [-0.2, 0) is 11.3 Å². The molecule has 2 saturated heterocycles. The minimum Gasteiger partial charge on any atom is -0.482 e. The van der Waals surface area contributed by atoms with Gasteiger partial charge >= 0.3 is 5.97 Å². The molecule has 2 aliphatic heterocycles. The molecule has 3 atom stereocenters. The van der Waals surface area contributed by atoms with E-state index in [1.807, 2.05) is 6.07 Å². The number of carbonyl (C=O) groups is 1. The molecule has 0 aromatic heterocycles. The van der Waals surface area contributed by atoms with Gasteiger partial charge < -0.3 is 9.84 Å². The summed E-state index contributed by atoms with van der Waals surface area (Å²) in [4.78, 5) is 15.8. The number of carboxylic acid groups (broad SMARTS) is 1. The van der Waals surface area contributed by atoms with Gasteiger partial charge in [0.15, 0.2) is 6.61 Å². The van der Waals surface area contributed by atoms with Gasteiger partial charge in [0.05, 0.1) is 0 Å². The van der Waals surface area contributed by atoms with Gasteiger partial charge in [-0.2, -0.15) is 0 Å². The Morgan fingerprint density at radius 3 is 2.57 bits per heavy atom. The Morgan fingerprint density at radius 2 is 1.87 bits per heavy atom. The first-order valence-electron chi connectivity index (χ1n) is 9.62. The third kappa shape index (κ3) is 5.40. The second kappa shape index (κ2) is 10.7. The largest absolute Gasteiger partial charge is 0.482 e. The van der Waals surface area contributed by atoms with Gasteiger partial charge in [-0.05, 0) is 42.6 Å². The van der Waals surface area contributed by atoms with Crippen LogP contribution in [-0.4, -0.2) is 54.2 Å². The molecule has 0 saturated carbocycles. The molecule has 164 valence electrons. The number of ether oxygens (including phenoxy) is 1. The van der Waals surface area contributed by atoms with Crippen molar-refractivity contribution in [2.75, 3.05) is 33.3 Å². The molecule has 2 aliphatic rings. The van der Waals surface area contributed by atoms with Crippen LogP contribution in [0.5, 0.6) is 5.75 Å². The monoisotopic (exact) mass is 472 g/mol. The number of aliphatic carboxylic acids is 1. The van der Waals surface area contributed by atoms with Crippen LogP contribution in [0.4, 0.5) is 0 Å². The lowest BCUT2D eigenvalue weighted by molar-refractivity contribution is -0.139. The molecule has 0 unspecified atom stereocenters. The second-order valence-electron chi connectivity index (χ2n) is 7.85. The van der Waals surface area contributed by atoms with Gasteiger partial charge in [0.1, 0.15) is 5.75 Å². The molecule has 8 heteroatoms. The Hall–Kier alpha value is -1.50. The molecule has 2 fully saturated rings. The van der Waals surface area contributed by atoms with Crippen molar-refractivity contribution >= 4 is 42.4 Å². The molecule has 0 radical (unpaired) electrons. The Balaban J connectivity index is 0.00000160. The summed E-state index contributed by atoms with van der Waals surface area (Å²) in [5, 5.41) is 9.55. The summed E-state index contributed by atoms with van der Waals surface area (Å²) < 4.78 is 5.47. The van der Waals surface area contributed by atoms with E-state index in [1.54, 1.807) is 12.1 Å². The lowest BCUT2D eigenvalue weighted by atomic mass is 9.90. The molecule has 1 N–H and O–H groups in total. The van der Waals surface area contributed by atoms with Gasteiger partial charge in [0.2, 0.25) is 0 Å². The number of fused-ring (bicyclic) bond motifs is 1. The highest BCUT2D eigenvalue weighted by atomic mass is 35.5.